The number of nitrogens with one attached hydrogen (secondary N) is 2. The molecule has 0 aromatic heterocycles. The van der Waals surface area contributed by atoms with E-state index in [1.165, 1.54) is 4.31 Å². The van der Waals surface area contributed by atoms with Gasteiger partial charge in [-0.1, -0.05) is 12.1 Å². The Balaban J connectivity index is 0.00000192. The van der Waals surface area contributed by atoms with Crippen molar-refractivity contribution in [3.05, 3.63) is 29.8 Å². The molecule has 1 amide bonds. The fourth-order valence-corrected chi connectivity index (χ4v) is 4.18. The van der Waals surface area contributed by atoms with E-state index in [2.05, 4.69) is 10.6 Å². The topological polar surface area (TPSA) is 78.5 Å². The van der Waals surface area contributed by atoms with Gasteiger partial charge in [-0.05, 0) is 30.5 Å². The van der Waals surface area contributed by atoms with E-state index in [-0.39, 0.29) is 24.2 Å². The van der Waals surface area contributed by atoms with E-state index >= 15 is 0 Å². The highest BCUT2D eigenvalue weighted by Gasteiger charge is 2.27. The number of halogens is 1. The minimum absolute atomic E-state index is 0. The smallest absolute Gasteiger partial charge is 0.243 e. The van der Waals surface area contributed by atoms with E-state index in [1.54, 1.807) is 24.3 Å². The largest absolute Gasteiger partial charge is 0.352 e. The van der Waals surface area contributed by atoms with Crippen molar-refractivity contribution in [3.8, 4) is 0 Å². The maximum Gasteiger partial charge on any atom is 0.243 e. The summed E-state index contributed by atoms with van der Waals surface area (Å²) in [7, 11) is -3.36. The number of benzene rings is 1. The van der Waals surface area contributed by atoms with Gasteiger partial charge in [-0.3, -0.25) is 4.79 Å². The summed E-state index contributed by atoms with van der Waals surface area (Å²) in [5, 5.41) is 5.93. The molecule has 0 bridgehead atoms. The zero-order valence-corrected chi connectivity index (χ0v) is 14.5. The molecule has 2 aliphatic heterocycles. The molecule has 0 radical (unpaired) electrons. The Morgan fingerprint density at radius 2 is 1.78 bits per heavy atom. The number of amides is 1. The van der Waals surface area contributed by atoms with Gasteiger partial charge in [0.25, 0.3) is 0 Å². The second-order valence-corrected chi connectivity index (χ2v) is 7.77. The SMILES string of the molecule is Cl.O=C(NCc1ccc(S(=O)(=O)N2CCCC2)cc1)C1CNC1. The number of sulfonamides is 1. The quantitative estimate of drug-likeness (QED) is 0.812. The van der Waals surface area contributed by atoms with Gasteiger partial charge < -0.3 is 10.6 Å². The van der Waals surface area contributed by atoms with E-state index in [0.717, 1.165) is 31.5 Å². The molecule has 2 fully saturated rings. The normalized spacial score (nSPS) is 19.0. The molecule has 1 aromatic carbocycles. The molecule has 0 unspecified atom stereocenters. The van der Waals surface area contributed by atoms with Crippen LogP contribution in [0.5, 0.6) is 0 Å². The average Bonchev–Trinajstić information content (AvgIpc) is 2.98. The second kappa shape index (κ2) is 7.61. The third-order valence-corrected chi connectivity index (χ3v) is 6.16. The maximum atomic E-state index is 12.4. The molecule has 0 spiro atoms. The standard InChI is InChI=1S/C15H21N3O3S.ClH/c19-15(13-10-16-11-13)17-9-12-3-5-14(6-4-12)22(20,21)18-7-1-2-8-18;/h3-6,13,16H,1-2,7-11H2,(H,17,19);1H. The number of nitrogens with zero attached hydrogens (tertiary/aromatic N) is 1. The van der Waals surface area contributed by atoms with Crippen molar-refractivity contribution in [2.24, 2.45) is 5.92 Å². The van der Waals surface area contributed by atoms with Crippen LogP contribution in [0.3, 0.4) is 0 Å². The van der Waals surface area contributed by atoms with Crippen LogP contribution in [0.25, 0.3) is 0 Å². The van der Waals surface area contributed by atoms with Gasteiger partial charge in [0, 0.05) is 32.7 Å². The number of carbonyl (C=O) groups is 1. The molecule has 3 rings (SSSR count). The molecule has 0 atom stereocenters. The summed E-state index contributed by atoms with van der Waals surface area (Å²) in [4.78, 5) is 12.1. The van der Waals surface area contributed by atoms with Gasteiger partial charge in [-0.15, -0.1) is 12.4 Å². The van der Waals surface area contributed by atoms with Crippen LogP contribution in [0.4, 0.5) is 0 Å². The summed E-state index contributed by atoms with van der Waals surface area (Å²) < 4.78 is 26.3. The van der Waals surface area contributed by atoms with E-state index in [0.29, 0.717) is 24.5 Å². The predicted octanol–water partition coefficient (Wildman–Crippen LogP) is 0.729. The molecule has 128 valence electrons. The zero-order chi connectivity index (χ0) is 15.6. The van der Waals surface area contributed by atoms with Crippen LogP contribution in [-0.4, -0.2) is 44.8 Å². The second-order valence-electron chi connectivity index (χ2n) is 5.83. The average molecular weight is 360 g/mol. The Morgan fingerprint density at radius 3 is 2.30 bits per heavy atom. The molecule has 2 saturated heterocycles. The lowest BCUT2D eigenvalue weighted by atomic mass is 10.0. The highest BCUT2D eigenvalue weighted by atomic mass is 35.5. The van der Waals surface area contributed by atoms with Crippen LogP contribution in [-0.2, 0) is 21.4 Å². The van der Waals surface area contributed by atoms with E-state index < -0.39 is 10.0 Å². The lowest BCUT2D eigenvalue weighted by Gasteiger charge is -2.25. The minimum atomic E-state index is -3.36. The first kappa shape index (κ1) is 18.2. The van der Waals surface area contributed by atoms with Crippen LogP contribution < -0.4 is 10.6 Å². The van der Waals surface area contributed by atoms with Crippen molar-refractivity contribution in [1.82, 2.24) is 14.9 Å². The van der Waals surface area contributed by atoms with Crippen molar-refractivity contribution in [3.63, 3.8) is 0 Å². The molecule has 8 heteroatoms. The molecule has 23 heavy (non-hydrogen) atoms. The lowest BCUT2D eigenvalue weighted by Crippen LogP contribution is -2.50. The van der Waals surface area contributed by atoms with Gasteiger partial charge in [0.2, 0.25) is 15.9 Å². The Bertz CT molecular complexity index is 638. The lowest BCUT2D eigenvalue weighted by molar-refractivity contribution is -0.126. The van der Waals surface area contributed by atoms with Crippen molar-refractivity contribution < 1.29 is 13.2 Å². The zero-order valence-electron chi connectivity index (χ0n) is 12.8. The van der Waals surface area contributed by atoms with Gasteiger partial charge in [-0.25, -0.2) is 8.42 Å². The van der Waals surface area contributed by atoms with Crippen molar-refractivity contribution in [1.29, 1.82) is 0 Å². The van der Waals surface area contributed by atoms with Crippen LogP contribution in [0.15, 0.2) is 29.2 Å². The summed E-state index contributed by atoms with van der Waals surface area (Å²) in [5.41, 5.74) is 0.904. The van der Waals surface area contributed by atoms with E-state index in [9.17, 15) is 13.2 Å². The summed E-state index contributed by atoms with van der Waals surface area (Å²) in [6.45, 7) is 3.11. The van der Waals surface area contributed by atoms with Crippen molar-refractivity contribution in [2.45, 2.75) is 24.3 Å². The van der Waals surface area contributed by atoms with Crippen molar-refractivity contribution >= 4 is 28.3 Å². The molecule has 2 heterocycles. The van der Waals surface area contributed by atoms with Gasteiger partial charge in [0.05, 0.1) is 10.8 Å². The Hall–Kier alpha value is -1.15. The molecular formula is C15H22ClN3O3S. The maximum absolute atomic E-state index is 12.4. The predicted molar refractivity (Wildman–Crippen MR) is 89.9 cm³/mol. The first-order valence-corrected chi connectivity index (χ1v) is 9.09. The molecule has 2 aliphatic rings. The number of hydrogen-bond donors (Lipinski definition) is 2. The van der Waals surface area contributed by atoms with Crippen molar-refractivity contribution in [2.75, 3.05) is 26.2 Å². The van der Waals surface area contributed by atoms with Gasteiger partial charge in [-0.2, -0.15) is 4.31 Å². The molecular weight excluding hydrogens is 338 g/mol. The fraction of sp³-hybridized carbons (Fsp3) is 0.533. The number of hydrogen-bond acceptors (Lipinski definition) is 4. The Labute approximate surface area is 143 Å². The summed E-state index contributed by atoms with van der Waals surface area (Å²) in [6, 6.07) is 6.78. The Morgan fingerprint density at radius 1 is 1.17 bits per heavy atom. The van der Waals surface area contributed by atoms with Crippen LogP contribution in [0.2, 0.25) is 0 Å². The van der Waals surface area contributed by atoms with E-state index in [1.807, 2.05) is 0 Å². The number of rotatable bonds is 5. The molecule has 0 saturated carbocycles. The van der Waals surface area contributed by atoms with Gasteiger partial charge in [0.1, 0.15) is 0 Å². The highest BCUT2D eigenvalue weighted by Crippen LogP contribution is 2.21. The third kappa shape index (κ3) is 4.03. The van der Waals surface area contributed by atoms with Crippen LogP contribution >= 0.6 is 12.4 Å². The summed E-state index contributed by atoms with van der Waals surface area (Å²) >= 11 is 0. The molecule has 2 N–H and O–H groups in total. The third-order valence-electron chi connectivity index (χ3n) is 4.25. The monoisotopic (exact) mass is 359 g/mol. The molecule has 0 aliphatic carbocycles. The summed E-state index contributed by atoms with van der Waals surface area (Å²) in [5.74, 6) is 0.113. The van der Waals surface area contributed by atoms with Crippen LogP contribution in [0.1, 0.15) is 18.4 Å². The Kier molecular flexibility index (Phi) is 6.02. The summed E-state index contributed by atoms with van der Waals surface area (Å²) in [6.07, 6.45) is 1.86. The van der Waals surface area contributed by atoms with Crippen LogP contribution in [0, 0.1) is 5.92 Å². The highest BCUT2D eigenvalue weighted by molar-refractivity contribution is 7.89. The fourth-order valence-electron chi connectivity index (χ4n) is 2.66. The molecule has 1 aromatic rings. The van der Waals surface area contributed by atoms with Gasteiger partial charge in [0.15, 0.2) is 0 Å². The number of carbonyl (C=O) groups excluding carboxylic acids is 1. The van der Waals surface area contributed by atoms with E-state index in [4.69, 9.17) is 0 Å². The van der Waals surface area contributed by atoms with Gasteiger partial charge >= 0.3 is 0 Å². The minimum Gasteiger partial charge on any atom is -0.352 e. The first-order valence-electron chi connectivity index (χ1n) is 7.65. The molecule has 6 nitrogen and oxygen atoms in total. The first-order chi connectivity index (χ1) is 10.6.